The van der Waals surface area contributed by atoms with Gasteiger partial charge in [-0.25, -0.2) is 17.9 Å². The van der Waals surface area contributed by atoms with Crippen LogP contribution >= 0.6 is 0 Å². The Morgan fingerprint density at radius 3 is 1.92 bits per heavy atom. The fourth-order valence-electron chi connectivity index (χ4n) is 2.92. The van der Waals surface area contributed by atoms with Crippen molar-refractivity contribution in [1.29, 1.82) is 0 Å². The van der Waals surface area contributed by atoms with Crippen LogP contribution in [0.3, 0.4) is 0 Å². The van der Waals surface area contributed by atoms with Crippen molar-refractivity contribution in [2.24, 2.45) is 10.1 Å². The van der Waals surface area contributed by atoms with E-state index in [2.05, 4.69) is 18.5 Å². The van der Waals surface area contributed by atoms with E-state index >= 15 is 0 Å². The van der Waals surface area contributed by atoms with Crippen molar-refractivity contribution in [3.05, 3.63) is 108 Å². The van der Waals surface area contributed by atoms with Crippen LogP contribution in [-0.4, -0.2) is 38.5 Å². The molecule has 3 rings (SSSR count). The summed E-state index contributed by atoms with van der Waals surface area (Å²) in [5.41, 5.74) is 4.07. The molecule has 196 valence electrons. The van der Waals surface area contributed by atoms with E-state index in [-0.39, 0.29) is 22.4 Å². The second kappa shape index (κ2) is 17.2. The molecule has 4 N–H and O–H groups in total. The highest BCUT2D eigenvalue weighted by Gasteiger charge is 2.11. The van der Waals surface area contributed by atoms with Gasteiger partial charge in [-0.05, 0) is 85.8 Å². The molecule has 0 aromatic heterocycles. The summed E-state index contributed by atoms with van der Waals surface area (Å²) in [7, 11) is -0.756. The number of hydrogen-bond acceptors (Lipinski definition) is 5. The second-order valence-corrected chi connectivity index (χ2v) is 9.20. The van der Waals surface area contributed by atoms with E-state index in [0.717, 1.165) is 35.9 Å². The summed E-state index contributed by atoms with van der Waals surface area (Å²) in [5, 5.41) is 21.2. The number of rotatable bonds is 5. The average molecular weight is 517 g/mol. The van der Waals surface area contributed by atoms with Crippen molar-refractivity contribution < 1.29 is 23.0 Å². The molecule has 0 spiro atoms. The number of hydrogen-bond donors (Lipinski definition) is 3. The molecular weight excluding hydrogens is 479 g/mol. The number of sulfonamides is 1. The quantitative estimate of drug-likeness (QED) is 0.303. The van der Waals surface area contributed by atoms with Crippen molar-refractivity contribution in [3.63, 3.8) is 0 Å². The van der Waals surface area contributed by atoms with Gasteiger partial charge < -0.3 is 10.2 Å². The van der Waals surface area contributed by atoms with E-state index in [1.54, 1.807) is 37.4 Å². The predicted molar refractivity (Wildman–Crippen MR) is 147 cm³/mol. The third kappa shape index (κ3) is 12.4. The van der Waals surface area contributed by atoms with Gasteiger partial charge in [-0.2, -0.15) is 0 Å². The molecule has 0 aliphatic carbocycles. The molecule has 0 aliphatic rings. The number of allylic oxidation sites excluding steroid dienone is 1. The van der Waals surface area contributed by atoms with Gasteiger partial charge in [0.15, 0.2) is 0 Å². The summed E-state index contributed by atoms with van der Waals surface area (Å²) < 4.78 is 34.4. The number of nitrogens with zero attached hydrogens (tertiary/aromatic N) is 1. The predicted octanol–water partition coefficient (Wildman–Crippen LogP) is 5.59. The van der Waals surface area contributed by atoms with Crippen LogP contribution in [0.1, 0.15) is 42.9 Å². The van der Waals surface area contributed by atoms with Gasteiger partial charge in [0.2, 0.25) is 10.0 Å². The lowest BCUT2D eigenvalue weighted by atomic mass is 9.92. The number of aryl methyl sites for hydroxylation is 1. The molecule has 0 fully saturated rings. The third-order valence-corrected chi connectivity index (χ3v) is 5.69. The summed E-state index contributed by atoms with van der Waals surface area (Å²) in [5.74, 6) is 0.280. The fourth-order valence-corrected chi connectivity index (χ4v) is 3.43. The number of benzene rings is 3. The largest absolute Gasteiger partial charge is 0.508 e. The minimum absolute atomic E-state index is 0.156. The molecule has 8 heteroatoms. The average Bonchev–Trinajstić information content (AvgIpc) is 2.85. The highest BCUT2D eigenvalue weighted by molar-refractivity contribution is 7.89. The lowest BCUT2D eigenvalue weighted by Crippen LogP contribution is -2.11. The molecule has 0 aliphatic heterocycles. The van der Waals surface area contributed by atoms with Crippen molar-refractivity contribution >= 4 is 15.7 Å². The summed E-state index contributed by atoms with van der Waals surface area (Å²) >= 11 is 0. The Morgan fingerprint density at radius 2 is 1.50 bits per heavy atom. The summed E-state index contributed by atoms with van der Waals surface area (Å²) in [4.78, 5) is 4.49. The maximum atomic E-state index is 12.9. The van der Waals surface area contributed by atoms with Crippen LogP contribution in [0, 0.1) is 12.7 Å². The lowest BCUT2D eigenvalue weighted by molar-refractivity contribution is 0.399. The van der Waals surface area contributed by atoms with Gasteiger partial charge in [0.05, 0.1) is 4.90 Å². The Labute approximate surface area is 214 Å². The lowest BCUT2D eigenvalue weighted by Gasteiger charge is -2.14. The van der Waals surface area contributed by atoms with Gasteiger partial charge in [0.25, 0.3) is 0 Å². The van der Waals surface area contributed by atoms with Crippen LogP contribution in [-0.2, 0) is 10.0 Å². The van der Waals surface area contributed by atoms with Crippen LogP contribution < -0.4 is 5.14 Å². The highest BCUT2D eigenvalue weighted by Crippen LogP contribution is 2.23. The van der Waals surface area contributed by atoms with Crippen molar-refractivity contribution in [1.82, 2.24) is 0 Å². The van der Waals surface area contributed by atoms with E-state index in [1.807, 2.05) is 38.1 Å². The van der Waals surface area contributed by atoms with Crippen LogP contribution in [0.25, 0.3) is 0 Å². The number of phenolic OH excluding ortho intramolecular Hbond substituents is 1. The number of aliphatic hydroxyl groups is 1. The molecule has 36 heavy (non-hydrogen) atoms. The summed E-state index contributed by atoms with van der Waals surface area (Å²) in [6.45, 7) is 9.23. The summed E-state index contributed by atoms with van der Waals surface area (Å²) in [6.07, 6.45) is 2.52. The van der Waals surface area contributed by atoms with Crippen molar-refractivity contribution in [3.8, 4) is 5.75 Å². The Bertz CT molecular complexity index is 1160. The Balaban J connectivity index is 0.000000645. The number of phenols is 1. The highest BCUT2D eigenvalue weighted by atomic mass is 32.2. The van der Waals surface area contributed by atoms with Gasteiger partial charge in [0.1, 0.15) is 11.6 Å². The Hall–Kier alpha value is -3.33. The van der Waals surface area contributed by atoms with Gasteiger partial charge in [-0.3, -0.25) is 4.99 Å². The van der Waals surface area contributed by atoms with Crippen LogP contribution in [0.5, 0.6) is 5.75 Å². The fraction of sp³-hybridized carbons (Fsp3) is 0.250. The molecule has 6 nitrogen and oxygen atoms in total. The third-order valence-electron chi connectivity index (χ3n) is 4.76. The molecule has 3 aromatic rings. The van der Waals surface area contributed by atoms with Crippen molar-refractivity contribution in [2.75, 3.05) is 14.2 Å². The second-order valence-electron chi connectivity index (χ2n) is 7.64. The van der Waals surface area contributed by atoms with Gasteiger partial charge in [0, 0.05) is 19.9 Å². The first-order valence-corrected chi connectivity index (χ1v) is 12.7. The summed E-state index contributed by atoms with van der Waals surface area (Å²) in [6, 6.07) is 20.0. The molecule has 0 bridgehead atoms. The van der Waals surface area contributed by atoms with Gasteiger partial charge in [-0.1, -0.05) is 42.8 Å². The maximum Gasteiger partial charge on any atom is 0.238 e. The van der Waals surface area contributed by atoms with Crippen molar-refractivity contribution in [2.45, 2.75) is 38.0 Å². The molecule has 0 saturated heterocycles. The first kappa shape index (κ1) is 32.7. The number of aliphatic hydroxyl groups excluding tert-OH is 1. The Morgan fingerprint density at radius 1 is 1.03 bits per heavy atom. The minimum Gasteiger partial charge on any atom is -0.508 e. The van der Waals surface area contributed by atoms with E-state index in [4.69, 9.17) is 10.2 Å². The van der Waals surface area contributed by atoms with E-state index in [9.17, 15) is 17.9 Å². The number of primary sulfonamides is 1. The first-order valence-electron chi connectivity index (χ1n) is 11.1. The maximum absolute atomic E-state index is 12.9. The number of halogens is 1. The topological polar surface area (TPSA) is 113 Å². The molecule has 1 unspecified atom stereocenters. The molecule has 0 saturated carbocycles. The molecular formula is C28H37FN2O4S. The standard InChI is InChI=1S/C17H18FNO.C7H9NO2S.C3H6.CH4O/c1-12(13-3-7-15(18)8-4-13)11-17(19-2)14-5-9-16(20)10-6-14;1-6-2-4-7(5-3-6)11(8,9)10;1-3-2;1-2/h3-10,12,20H,11H2,1-2H3;2-5H,1H3,(H2,8,9,10);3H,1H2,2H3;2H,1H3. The van der Waals surface area contributed by atoms with Crippen LogP contribution in [0.2, 0.25) is 0 Å². The molecule has 1 atom stereocenters. The molecule has 0 radical (unpaired) electrons. The number of aromatic hydroxyl groups is 1. The zero-order valence-electron chi connectivity index (χ0n) is 21.5. The minimum atomic E-state index is -3.52. The zero-order chi connectivity index (χ0) is 27.7. The molecule has 3 aromatic carbocycles. The number of nitrogens with two attached hydrogens (primary N) is 1. The smallest absolute Gasteiger partial charge is 0.238 e. The first-order chi connectivity index (χ1) is 17.0. The Kier molecular flexibility index (Phi) is 15.6. The monoisotopic (exact) mass is 516 g/mol. The van der Waals surface area contributed by atoms with Crippen LogP contribution in [0.4, 0.5) is 4.39 Å². The van der Waals surface area contributed by atoms with E-state index in [0.29, 0.717) is 0 Å². The number of aliphatic imine (C=N–C) groups is 1. The van der Waals surface area contributed by atoms with E-state index in [1.165, 1.54) is 24.3 Å². The molecule has 0 amide bonds. The van der Waals surface area contributed by atoms with E-state index < -0.39 is 10.0 Å². The normalized spacial score (nSPS) is 11.4. The van der Waals surface area contributed by atoms with Gasteiger partial charge in [-0.15, -0.1) is 6.58 Å². The van der Waals surface area contributed by atoms with Crippen LogP contribution in [0.15, 0.2) is 95.3 Å². The molecule has 0 heterocycles. The van der Waals surface area contributed by atoms with Gasteiger partial charge >= 0.3 is 0 Å². The zero-order valence-corrected chi connectivity index (χ0v) is 22.3. The SMILES string of the molecule is C=CC.CN=C(CC(C)c1ccc(F)cc1)c1ccc(O)cc1.CO.Cc1ccc(S(N)(=O)=O)cc1.